The third-order valence-corrected chi connectivity index (χ3v) is 4.65. The first kappa shape index (κ1) is 16.4. The first-order valence-electron chi connectivity index (χ1n) is 8.13. The molecule has 0 bridgehead atoms. The Balaban J connectivity index is 1.58. The van der Waals surface area contributed by atoms with Gasteiger partial charge in [0.15, 0.2) is 5.13 Å². The van der Waals surface area contributed by atoms with Crippen LogP contribution < -0.4 is 5.32 Å². The summed E-state index contributed by atoms with van der Waals surface area (Å²) < 4.78 is 0. The molecule has 3 aromatic rings. The lowest BCUT2D eigenvalue weighted by Gasteiger charge is -2.02. The van der Waals surface area contributed by atoms with Gasteiger partial charge in [0.25, 0.3) is 0 Å². The van der Waals surface area contributed by atoms with E-state index in [0.717, 1.165) is 24.1 Å². The minimum Gasteiger partial charge on any atom is -0.302 e. The number of hydrogen-bond acceptors (Lipinski definition) is 3. The van der Waals surface area contributed by atoms with E-state index in [0.29, 0.717) is 11.6 Å². The number of benzene rings is 2. The van der Waals surface area contributed by atoms with Crippen LogP contribution >= 0.6 is 11.3 Å². The smallest absolute Gasteiger partial charge is 0.226 e. The molecule has 0 aliphatic rings. The van der Waals surface area contributed by atoms with Crippen molar-refractivity contribution >= 4 is 22.4 Å². The molecule has 1 aromatic heterocycles. The fourth-order valence-electron chi connectivity index (χ4n) is 2.46. The molecular weight excluding hydrogens is 316 g/mol. The average Bonchev–Trinajstić information content (AvgIpc) is 3.09. The second-order valence-corrected chi connectivity index (χ2v) is 6.48. The van der Waals surface area contributed by atoms with Crippen LogP contribution in [-0.2, 0) is 17.6 Å². The molecule has 4 heteroatoms. The molecule has 1 N–H and O–H groups in total. The quantitative estimate of drug-likeness (QED) is 0.692. The van der Waals surface area contributed by atoms with Crippen LogP contribution in [-0.4, -0.2) is 10.9 Å². The second kappa shape index (κ2) is 7.88. The van der Waals surface area contributed by atoms with Gasteiger partial charge >= 0.3 is 0 Å². The van der Waals surface area contributed by atoms with E-state index in [1.165, 1.54) is 22.5 Å². The zero-order valence-electron chi connectivity index (χ0n) is 13.7. The summed E-state index contributed by atoms with van der Waals surface area (Å²) in [5, 5.41) is 5.53. The van der Waals surface area contributed by atoms with Crippen molar-refractivity contribution in [2.75, 3.05) is 5.32 Å². The summed E-state index contributed by atoms with van der Waals surface area (Å²) in [6.45, 7) is 2.14. The lowest BCUT2D eigenvalue weighted by molar-refractivity contribution is -0.116. The summed E-state index contributed by atoms with van der Waals surface area (Å²) in [6.07, 6.45) is 2.23. The molecule has 0 aliphatic carbocycles. The van der Waals surface area contributed by atoms with E-state index in [2.05, 4.69) is 41.5 Å². The highest BCUT2D eigenvalue weighted by Gasteiger charge is 2.08. The zero-order chi connectivity index (χ0) is 16.8. The number of aryl methyl sites for hydroxylation is 2. The first-order valence-corrected chi connectivity index (χ1v) is 9.01. The fourth-order valence-corrected chi connectivity index (χ4v) is 3.20. The summed E-state index contributed by atoms with van der Waals surface area (Å²) in [4.78, 5) is 16.6. The van der Waals surface area contributed by atoms with Gasteiger partial charge in [-0.3, -0.25) is 4.79 Å². The molecule has 0 saturated heterocycles. The van der Waals surface area contributed by atoms with Gasteiger partial charge < -0.3 is 5.32 Å². The predicted octanol–water partition coefficient (Wildman–Crippen LogP) is 4.94. The molecule has 0 aliphatic heterocycles. The molecule has 0 fully saturated rings. The van der Waals surface area contributed by atoms with E-state index in [4.69, 9.17) is 0 Å². The van der Waals surface area contributed by atoms with Gasteiger partial charge in [-0.25, -0.2) is 4.98 Å². The Morgan fingerprint density at radius 3 is 2.50 bits per heavy atom. The van der Waals surface area contributed by atoms with E-state index in [1.54, 1.807) is 0 Å². The minimum atomic E-state index is 0.00100. The van der Waals surface area contributed by atoms with Crippen molar-refractivity contribution in [3.63, 3.8) is 0 Å². The number of carbonyl (C=O) groups excluding carboxylic acids is 1. The van der Waals surface area contributed by atoms with Crippen LogP contribution in [0, 0.1) is 0 Å². The van der Waals surface area contributed by atoms with Crippen LogP contribution in [0.4, 0.5) is 5.13 Å². The largest absolute Gasteiger partial charge is 0.302 e. The fraction of sp³-hybridized carbons (Fsp3) is 0.200. The lowest BCUT2D eigenvalue weighted by atomic mass is 10.1. The van der Waals surface area contributed by atoms with Gasteiger partial charge in [0.2, 0.25) is 5.91 Å². The minimum absolute atomic E-state index is 0.00100. The molecule has 0 atom stereocenters. The number of nitrogens with one attached hydrogen (secondary N) is 1. The molecule has 0 spiro atoms. The Kier molecular flexibility index (Phi) is 5.39. The third-order valence-electron chi connectivity index (χ3n) is 3.89. The molecule has 122 valence electrons. The second-order valence-electron chi connectivity index (χ2n) is 5.62. The molecule has 0 radical (unpaired) electrons. The number of carbonyl (C=O) groups is 1. The van der Waals surface area contributed by atoms with Crippen LogP contribution in [0.1, 0.15) is 24.5 Å². The van der Waals surface area contributed by atoms with E-state index in [9.17, 15) is 4.79 Å². The Hall–Kier alpha value is -2.46. The maximum atomic E-state index is 12.1. The normalized spacial score (nSPS) is 10.5. The lowest BCUT2D eigenvalue weighted by Crippen LogP contribution is -2.12. The highest BCUT2D eigenvalue weighted by atomic mass is 32.1. The van der Waals surface area contributed by atoms with E-state index >= 15 is 0 Å². The molecule has 1 amide bonds. The summed E-state index contributed by atoms with van der Waals surface area (Å²) in [5.41, 5.74) is 4.46. The molecule has 3 nitrogen and oxygen atoms in total. The molecule has 1 heterocycles. The molecule has 0 unspecified atom stereocenters. The van der Waals surface area contributed by atoms with Crippen LogP contribution in [0.3, 0.4) is 0 Å². The third kappa shape index (κ3) is 4.30. The van der Waals surface area contributed by atoms with Gasteiger partial charge in [0.1, 0.15) is 0 Å². The van der Waals surface area contributed by atoms with E-state index in [1.807, 2.05) is 35.7 Å². The Labute approximate surface area is 146 Å². The summed E-state index contributed by atoms with van der Waals surface area (Å²) in [6, 6.07) is 18.4. The Morgan fingerprint density at radius 2 is 1.79 bits per heavy atom. The van der Waals surface area contributed by atoms with Crippen molar-refractivity contribution < 1.29 is 4.79 Å². The van der Waals surface area contributed by atoms with E-state index < -0.39 is 0 Å². The van der Waals surface area contributed by atoms with Crippen LogP contribution in [0.5, 0.6) is 0 Å². The van der Waals surface area contributed by atoms with Crippen LogP contribution in [0.2, 0.25) is 0 Å². The number of nitrogens with zero attached hydrogens (tertiary/aromatic N) is 1. The van der Waals surface area contributed by atoms with Crippen molar-refractivity contribution in [1.29, 1.82) is 0 Å². The van der Waals surface area contributed by atoms with Gasteiger partial charge in [-0.05, 0) is 24.0 Å². The standard InChI is InChI=1S/C20H20N2OS/c1-2-15-8-11-17(12-9-15)18-14-24-20(21-18)22-19(23)13-10-16-6-4-3-5-7-16/h3-9,11-12,14H,2,10,13H2,1H3,(H,21,22,23). The maximum absolute atomic E-state index is 12.1. The SMILES string of the molecule is CCc1ccc(-c2csc(NC(=O)CCc3ccccc3)n2)cc1. The number of aromatic nitrogens is 1. The average molecular weight is 336 g/mol. The van der Waals surface area contributed by atoms with Gasteiger partial charge in [0, 0.05) is 17.4 Å². The molecular formula is C20H20N2OS. The van der Waals surface area contributed by atoms with E-state index in [-0.39, 0.29) is 5.91 Å². The molecule has 2 aromatic carbocycles. The van der Waals surface area contributed by atoms with Crippen molar-refractivity contribution in [3.8, 4) is 11.3 Å². The Bertz CT molecular complexity index is 794. The summed E-state index contributed by atoms with van der Waals surface area (Å²) in [5.74, 6) is 0.00100. The van der Waals surface area contributed by atoms with Crippen molar-refractivity contribution in [2.45, 2.75) is 26.2 Å². The number of rotatable bonds is 6. The monoisotopic (exact) mass is 336 g/mol. The van der Waals surface area contributed by atoms with Crippen molar-refractivity contribution in [2.24, 2.45) is 0 Å². The molecule has 3 rings (SSSR count). The topological polar surface area (TPSA) is 42.0 Å². The highest BCUT2D eigenvalue weighted by molar-refractivity contribution is 7.14. The van der Waals surface area contributed by atoms with Crippen LogP contribution in [0.25, 0.3) is 11.3 Å². The van der Waals surface area contributed by atoms with Gasteiger partial charge in [-0.15, -0.1) is 11.3 Å². The van der Waals surface area contributed by atoms with Crippen molar-refractivity contribution in [3.05, 3.63) is 71.1 Å². The summed E-state index contributed by atoms with van der Waals surface area (Å²) >= 11 is 1.46. The summed E-state index contributed by atoms with van der Waals surface area (Å²) in [7, 11) is 0. The highest BCUT2D eigenvalue weighted by Crippen LogP contribution is 2.25. The predicted molar refractivity (Wildman–Crippen MR) is 100 cm³/mol. The van der Waals surface area contributed by atoms with Gasteiger partial charge in [-0.1, -0.05) is 61.5 Å². The first-order chi connectivity index (χ1) is 11.7. The molecule has 24 heavy (non-hydrogen) atoms. The maximum Gasteiger partial charge on any atom is 0.226 e. The number of amides is 1. The number of hydrogen-bond donors (Lipinski definition) is 1. The van der Waals surface area contributed by atoms with Crippen molar-refractivity contribution in [1.82, 2.24) is 4.98 Å². The van der Waals surface area contributed by atoms with Gasteiger partial charge in [0.05, 0.1) is 5.69 Å². The number of thiazole rings is 1. The number of anilines is 1. The van der Waals surface area contributed by atoms with Gasteiger partial charge in [-0.2, -0.15) is 0 Å². The Morgan fingerprint density at radius 1 is 1.04 bits per heavy atom. The zero-order valence-corrected chi connectivity index (χ0v) is 14.5. The molecule has 0 saturated carbocycles. The van der Waals surface area contributed by atoms with Crippen LogP contribution in [0.15, 0.2) is 60.0 Å².